The molecule has 0 amide bonds. The lowest BCUT2D eigenvalue weighted by Gasteiger charge is -2.31. The molecule has 2 atom stereocenters. The van der Waals surface area contributed by atoms with Crippen LogP contribution in [0.4, 0.5) is 5.82 Å². The number of hydrogen-bond donors (Lipinski definition) is 2. The van der Waals surface area contributed by atoms with Gasteiger partial charge in [-0.1, -0.05) is 12.8 Å². The highest BCUT2D eigenvalue weighted by atomic mass is 16.5. The highest BCUT2D eigenvalue weighted by Gasteiger charge is 2.24. The van der Waals surface area contributed by atoms with Crippen molar-refractivity contribution in [3.63, 3.8) is 0 Å². The molecule has 0 aromatic carbocycles. The Morgan fingerprint density at radius 3 is 2.90 bits per heavy atom. The Hall–Kier alpha value is -1.62. The van der Waals surface area contributed by atoms with Crippen molar-refractivity contribution in [3.8, 4) is 0 Å². The smallest absolute Gasteiger partial charge is 0.339 e. The molecule has 0 spiro atoms. The molecule has 1 saturated carbocycles. The van der Waals surface area contributed by atoms with Gasteiger partial charge in [-0.05, 0) is 31.9 Å². The SMILES string of the molecule is CCOC(=O)c1ccc(NC2CCCCC2CO)nc1. The summed E-state index contributed by atoms with van der Waals surface area (Å²) in [6.07, 6.45) is 5.98. The molecule has 2 unspecified atom stereocenters. The van der Waals surface area contributed by atoms with Gasteiger partial charge in [0.2, 0.25) is 0 Å². The Labute approximate surface area is 119 Å². The van der Waals surface area contributed by atoms with E-state index in [1.807, 2.05) is 0 Å². The summed E-state index contributed by atoms with van der Waals surface area (Å²) in [6.45, 7) is 2.34. The summed E-state index contributed by atoms with van der Waals surface area (Å²) >= 11 is 0. The van der Waals surface area contributed by atoms with E-state index in [-0.39, 0.29) is 24.5 Å². The second-order valence-corrected chi connectivity index (χ2v) is 5.13. The number of hydrogen-bond acceptors (Lipinski definition) is 5. The molecule has 1 aromatic heterocycles. The molecule has 0 bridgehead atoms. The second-order valence-electron chi connectivity index (χ2n) is 5.13. The highest BCUT2D eigenvalue weighted by Crippen LogP contribution is 2.26. The molecule has 5 nitrogen and oxygen atoms in total. The zero-order chi connectivity index (χ0) is 14.4. The topological polar surface area (TPSA) is 71.5 Å². The fourth-order valence-corrected chi connectivity index (χ4v) is 2.62. The number of aromatic nitrogens is 1. The number of carbonyl (C=O) groups excluding carboxylic acids is 1. The van der Waals surface area contributed by atoms with Crippen LogP contribution >= 0.6 is 0 Å². The van der Waals surface area contributed by atoms with Crippen molar-refractivity contribution in [3.05, 3.63) is 23.9 Å². The molecule has 0 saturated heterocycles. The first-order valence-electron chi connectivity index (χ1n) is 7.25. The van der Waals surface area contributed by atoms with Crippen molar-refractivity contribution in [1.82, 2.24) is 4.98 Å². The maximum Gasteiger partial charge on any atom is 0.339 e. The van der Waals surface area contributed by atoms with E-state index in [0.717, 1.165) is 18.7 Å². The molecule has 0 radical (unpaired) electrons. The van der Waals surface area contributed by atoms with Gasteiger partial charge < -0.3 is 15.2 Å². The number of nitrogens with one attached hydrogen (secondary N) is 1. The van der Waals surface area contributed by atoms with Gasteiger partial charge in [-0.3, -0.25) is 0 Å². The second kappa shape index (κ2) is 7.24. The first-order chi connectivity index (χ1) is 9.74. The molecule has 1 aliphatic rings. The Balaban J connectivity index is 1.97. The maximum atomic E-state index is 11.5. The van der Waals surface area contributed by atoms with E-state index in [9.17, 15) is 9.90 Å². The Morgan fingerprint density at radius 1 is 1.45 bits per heavy atom. The normalized spacial score (nSPS) is 22.3. The van der Waals surface area contributed by atoms with Crippen molar-refractivity contribution in [2.75, 3.05) is 18.5 Å². The Bertz CT molecular complexity index is 433. The fraction of sp³-hybridized carbons (Fsp3) is 0.600. The van der Waals surface area contributed by atoms with Crippen LogP contribution in [-0.2, 0) is 4.74 Å². The van der Waals surface area contributed by atoms with Crippen LogP contribution in [0.5, 0.6) is 0 Å². The van der Waals surface area contributed by atoms with E-state index < -0.39 is 0 Å². The molecule has 5 heteroatoms. The average Bonchev–Trinajstić information content (AvgIpc) is 2.49. The fourth-order valence-electron chi connectivity index (χ4n) is 2.62. The van der Waals surface area contributed by atoms with Gasteiger partial charge in [-0.2, -0.15) is 0 Å². The number of aliphatic hydroxyl groups excluding tert-OH is 1. The number of anilines is 1. The minimum Gasteiger partial charge on any atom is -0.462 e. The summed E-state index contributed by atoms with van der Waals surface area (Å²) < 4.78 is 4.92. The van der Waals surface area contributed by atoms with Crippen LogP contribution in [0.3, 0.4) is 0 Å². The monoisotopic (exact) mass is 278 g/mol. The Morgan fingerprint density at radius 2 is 2.25 bits per heavy atom. The molecule has 2 rings (SSSR count). The van der Waals surface area contributed by atoms with Crippen LogP contribution in [0.25, 0.3) is 0 Å². The predicted octanol–water partition coefficient (Wildman–Crippen LogP) is 2.22. The van der Waals surface area contributed by atoms with E-state index in [0.29, 0.717) is 12.2 Å². The molecule has 110 valence electrons. The maximum absolute atomic E-state index is 11.5. The van der Waals surface area contributed by atoms with Crippen molar-refractivity contribution in [2.24, 2.45) is 5.92 Å². The van der Waals surface area contributed by atoms with Crippen LogP contribution in [0.15, 0.2) is 18.3 Å². The number of aliphatic hydroxyl groups is 1. The lowest BCUT2D eigenvalue weighted by Crippen LogP contribution is -2.34. The first-order valence-corrected chi connectivity index (χ1v) is 7.25. The zero-order valence-electron chi connectivity index (χ0n) is 11.8. The van der Waals surface area contributed by atoms with E-state index in [1.54, 1.807) is 19.1 Å². The van der Waals surface area contributed by atoms with Crippen LogP contribution in [-0.4, -0.2) is 35.3 Å². The summed E-state index contributed by atoms with van der Waals surface area (Å²) in [5, 5.41) is 12.8. The van der Waals surface area contributed by atoms with Gasteiger partial charge in [0.25, 0.3) is 0 Å². The number of rotatable bonds is 5. The summed E-state index contributed by atoms with van der Waals surface area (Å²) in [7, 11) is 0. The number of carbonyl (C=O) groups is 1. The molecule has 1 heterocycles. The molecule has 1 aromatic rings. The van der Waals surface area contributed by atoms with Gasteiger partial charge in [0.05, 0.1) is 12.2 Å². The van der Waals surface area contributed by atoms with Gasteiger partial charge >= 0.3 is 5.97 Å². The third kappa shape index (κ3) is 3.70. The lowest BCUT2D eigenvalue weighted by molar-refractivity contribution is 0.0526. The Kier molecular flexibility index (Phi) is 5.35. The van der Waals surface area contributed by atoms with E-state index in [1.165, 1.54) is 19.0 Å². The van der Waals surface area contributed by atoms with Gasteiger partial charge in [-0.15, -0.1) is 0 Å². The third-order valence-electron chi connectivity index (χ3n) is 3.75. The van der Waals surface area contributed by atoms with Crippen LogP contribution in [0.1, 0.15) is 43.0 Å². The van der Waals surface area contributed by atoms with Gasteiger partial charge in [0.15, 0.2) is 0 Å². The van der Waals surface area contributed by atoms with Crippen LogP contribution in [0, 0.1) is 5.92 Å². The summed E-state index contributed by atoms with van der Waals surface area (Å²) in [6, 6.07) is 3.76. The van der Waals surface area contributed by atoms with E-state index in [4.69, 9.17) is 4.74 Å². The van der Waals surface area contributed by atoms with Crippen LogP contribution < -0.4 is 5.32 Å². The number of nitrogens with zero attached hydrogens (tertiary/aromatic N) is 1. The predicted molar refractivity (Wildman–Crippen MR) is 76.6 cm³/mol. The quantitative estimate of drug-likeness (QED) is 0.808. The standard InChI is InChI=1S/C15H22N2O3/c1-2-20-15(19)11-7-8-14(16-9-11)17-13-6-4-3-5-12(13)10-18/h7-9,12-13,18H,2-6,10H2,1H3,(H,16,17). The van der Waals surface area contributed by atoms with Crippen molar-refractivity contribution in [2.45, 2.75) is 38.6 Å². The van der Waals surface area contributed by atoms with E-state index >= 15 is 0 Å². The minimum atomic E-state index is -0.350. The first kappa shape index (κ1) is 14.8. The van der Waals surface area contributed by atoms with Gasteiger partial charge in [0, 0.05) is 24.8 Å². The van der Waals surface area contributed by atoms with Crippen molar-refractivity contribution >= 4 is 11.8 Å². The summed E-state index contributed by atoms with van der Waals surface area (Å²) in [5.74, 6) is 0.677. The highest BCUT2D eigenvalue weighted by molar-refractivity contribution is 5.89. The summed E-state index contributed by atoms with van der Waals surface area (Å²) in [5.41, 5.74) is 0.458. The lowest BCUT2D eigenvalue weighted by atomic mass is 9.85. The largest absolute Gasteiger partial charge is 0.462 e. The third-order valence-corrected chi connectivity index (χ3v) is 3.75. The summed E-state index contributed by atoms with van der Waals surface area (Å²) in [4.78, 5) is 15.8. The number of pyridine rings is 1. The zero-order valence-corrected chi connectivity index (χ0v) is 11.8. The van der Waals surface area contributed by atoms with Crippen molar-refractivity contribution in [1.29, 1.82) is 0 Å². The van der Waals surface area contributed by atoms with Crippen molar-refractivity contribution < 1.29 is 14.6 Å². The molecule has 20 heavy (non-hydrogen) atoms. The van der Waals surface area contributed by atoms with E-state index in [2.05, 4.69) is 10.3 Å². The van der Waals surface area contributed by atoms with Crippen LogP contribution in [0.2, 0.25) is 0 Å². The molecule has 1 aliphatic carbocycles. The van der Waals surface area contributed by atoms with Gasteiger partial charge in [0.1, 0.15) is 5.82 Å². The molecule has 2 N–H and O–H groups in total. The number of ether oxygens (including phenoxy) is 1. The average molecular weight is 278 g/mol. The number of esters is 1. The molecular formula is C15H22N2O3. The van der Waals surface area contributed by atoms with Gasteiger partial charge in [-0.25, -0.2) is 9.78 Å². The molecule has 1 fully saturated rings. The minimum absolute atomic E-state index is 0.207. The molecular weight excluding hydrogens is 256 g/mol. The molecule has 0 aliphatic heterocycles.